The summed E-state index contributed by atoms with van der Waals surface area (Å²) in [4.78, 5) is 16.1. The maximum absolute atomic E-state index is 12.3. The third-order valence-corrected chi connectivity index (χ3v) is 4.32. The van der Waals surface area contributed by atoms with E-state index in [4.69, 9.17) is 5.73 Å². The van der Waals surface area contributed by atoms with Crippen molar-refractivity contribution in [2.45, 2.75) is 19.5 Å². The predicted octanol–water partition coefficient (Wildman–Crippen LogP) is -0.142. The Morgan fingerprint density at radius 1 is 1.39 bits per heavy atom. The molecule has 1 aromatic heterocycles. The van der Waals surface area contributed by atoms with Gasteiger partial charge in [0.15, 0.2) is 0 Å². The van der Waals surface area contributed by atoms with Crippen LogP contribution in [0.2, 0.25) is 0 Å². The molecule has 1 aromatic carbocycles. The summed E-state index contributed by atoms with van der Waals surface area (Å²) in [6.45, 7) is 1.58. The Labute approximate surface area is 134 Å². The normalized spacial score (nSPS) is 12.6. The lowest BCUT2D eigenvalue weighted by Crippen LogP contribution is -2.47. The van der Waals surface area contributed by atoms with E-state index in [2.05, 4.69) is 20.5 Å². The Morgan fingerprint density at radius 2 is 2.04 bits per heavy atom. The molecule has 0 radical (unpaired) electrons. The van der Waals surface area contributed by atoms with Crippen molar-refractivity contribution in [3.8, 4) is 0 Å². The maximum atomic E-state index is 12.3. The number of nitrogens with one attached hydrogen (secondary N) is 2. The largest absolute Gasteiger partial charge is 0.367 e. The van der Waals surface area contributed by atoms with Crippen LogP contribution in [-0.2, 0) is 21.4 Å². The summed E-state index contributed by atoms with van der Waals surface area (Å²) in [5, 5.41) is 8.80. The number of carbonyl (C=O) groups excluding carboxylic acids is 1. The number of anilines is 2. The zero-order valence-corrected chi connectivity index (χ0v) is 13.5. The molecule has 0 unspecified atom stereocenters. The number of H-pyrrole nitrogens is 1. The Balaban J connectivity index is 2.14. The van der Waals surface area contributed by atoms with Gasteiger partial charge in [-0.15, -0.1) is 5.10 Å². The number of nitrogens with zero attached hydrogens (tertiary/aromatic N) is 3. The molecule has 0 saturated carbocycles. The minimum atomic E-state index is -3.62. The molecule has 1 heterocycles. The number of hydrogen-bond donors (Lipinski definition) is 3. The molecule has 0 spiro atoms. The molecular weight excluding hydrogens is 320 g/mol. The van der Waals surface area contributed by atoms with Gasteiger partial charge in [0.05, 0.1) is 18.5 Å². The number of benzene rings is 1. The first kappa shape index (κ1) is 16.7. The quantitative estimate of drug-likeness (QED) is 0.671. The van der Waals surface area contributed by atoms with E-state index < -0.39 is 22.0 Å². The first-order valence-corrected chi connectivity index (χ1v) is 8.63. The number of sulfonamides is 1. The third kappa shape index (κ3) is 4.19. The SMILES string of the molecule is C[C@H](C(=O)NCc1nc(N)n[nH]1)N(c1ccccc1)S(C)(=O)=O. The lowest BCUT2D eigenvalue weighted by molar-refractivity contribution is -0.122. The molecule has 2 rings (SSSR count). The lowest BCUT2D eigenvalue weighted by atomic mass is 10.2. The summed E-state index contributed by atoms with van der Waals surface area (Å²) in [5.41, 5.74) is 5.79. The first-order valence-electron chi connectivity index (χ1n) is 6.78. The van der Waals surface area contributed by atoms with Crippen LogP contribution < -0.4 is 15.4 Å². The fraction of sp³-hybridized carbons (Fsp3) is 0.308. The molecule has 1 amide bonds. The Morgan fingerprint density at radius 3 is 2.57 bits per heavy atom. The Kier molecular flexibility index (Phi) is 4.84. The van der Waals surface area contributed by atoms with Gasteiger partial charge in [-0.25, -0.2) is 8.42 Å². The van der Waals surface area contributed by atoms with Gasteiger partial charge in [0.2, 0.25) is 21.9 Å². The summed E-state index contributed by atoms with van der Waals surface area (Å²) in [5.74, 6) is -0.00717. The van der Waals surface area contributed by atoms with Gasteiger partial charge in [-0.3, -0.25) is 14.2 Å². The Bertz CT molecular complexity index is 774. The summed E-state index contributed by atoms with van der Waals surface area (Å²) in [7, 11) is -3.62. The van der Waals surface area contributed by atoms with Crippen molar-refractivity contribution in [3.63, 3.8) is 0 Å². The van der Waals surface area contributed by atoms with Gasteiger partial charge in [0, 0.05) is 0 Å². The van der Waals surface area contributed by atoms with E-state index in [1.807, 2.05) is 0 Å². The van der Waals surface area contributed by atoms with Gasteiger partial charge in [0.1, 0.15) is 11.9 Å². The topological polar surface area (TPSA) is 134 Å². The number of hydrogen-bond acceptors (Lipinski definition) is 6. The van der Waals surface area contributed by atoms with Crippen molar-refractivity contribution >= 4 is 27.6 Å². The van der Waals surface area contributed by atoms with Crippen molar-refractivity contribution in [3.05, 3.63) is 36.2 Å². The van der Waals surface area contributed by atoms with E-state index in [-0.39, 0.29) is 12.5 Å². The summed E-state index contributed by atoms with van der Waals surface area (Å²) >= 11 is 0. The van der Waals surface area contributed by atoms with Crippen LogP contribution in [0.25, 0.3) is 0 Å². The average molecular weight is 338 g/mol. The van der Waals surface area contributed by atoms with Crippen LogP contribution in [0, 0.1) is 0 Å². The van der Waals surface area contributed by atoms with Crippen molar-refractivity contribution in [2.24, 2.45) is 0 Å². The molecule has 0 fully saturated rings. The first-order chi connectivity index (χ1) is 10.8. The van der Waals surface area contributed by atoms with Gasteiger partial charge >= 0.3 is 0 Å². The number of aromatic nitrogens is 3. The Hall–Kier alpha value is -2.62. The van der Waals surface area contributed by atoms with Crippen LogP contribution >= 0.6 is 0 Å². The third-order valence-electron chi connectivity index (χ3n) is 3.08. The molecule has 124 valence electrons. The van der Waals surface area contributed by atoms with E-state index in [0.29, 0.717) is 11.5 Å². The number of aromatic amines is 1. The molecule has 2 aromatic rings. The highest BCUT2D eigenvalue weighted by Crippen LogP contribution is 2.20. The zero-order valence-electron chi connectivity index (χ0n) is 12.7. The van der Waals surface area contributed by atoms with E-state index in [0.717, 1.165) is 10.6 Å². The van der Waals surface area contributed by atoms with Gasteiger partial charge in [-0.05, 0) is 19.1 Å². The molecule has 1 atom stereocenters. The molecule has 4 N–H and O–H groups in total. The van der Waals surface area contributed by atoms with E-state index in [1.54, 1.807) is 30.3 Å². The molecule has 0 aliphatic rings. The number of nitrogens with two attached hydrogens (primary N) is 1. The summed E-state index contributed by atoms with van der Waals surface area (Å²) in [6.07, 6.45) is 1.06. The second kappa shape index (κ2) is 6.65. The van der Waals surface area contributed by atoms with Crippen LogP contribution in [0.4, 0.5) is 11.6 Å². The van der Waals surface area contributed by atoms with Crippen LogP contribution in [0.1, 0.15) is 12.7 Å². The number of rotatable bonds is 6. The zero-order chi connectivity index (χ0) is 17.0. The van der Waals surface area contributed by atoms with E-state index >= 15 is 0 Å². The second-order valence-corrected chi connectivity index (χ2v) is 6.79. The highest BCUT2D eigenvalue weighted by atomic mass is 32.2. The lowest BCUT2D eigenvalue weighted by Gasteiger charge is -2.28. The fourth-order valence-electron chi connectivity index (χ4n) is 2.09. The van der Waals surface area contributed by atoms with Crippen molar-refractivity contribution in [1.82, 2.24) is 20.5 Å². The van der Waals surface area contributed by atoms with Crippen LogP contribution in [-0.4, -0.2) is 41.8 Å². The van der Waals surface area contributed by atoms with Crippen molar-refractivity contribution < 1.29 is 13.2 Å². The van der Waals surface area contributed by atoms with Gasteiger partial charge in [0.25, 0.3) is 0 Å². The molecule has 0 bridgehead atoms. The van der Waals surface area contributed by atoms with E-state index in [1.165, 1.54) is 6.92 Å². The minimum Gasteiger partial charge on any atom is -0.367 e. The molecule has 10 heteroatoms. The molecule has 23 heavy (non-hydrogen) atoms. The average Bonchev–Trinajstić information content (AvgIpc) is 2.90. The van der Waals surface area contributed by atoms with Gasteiger partial charge in [-0.2, -0.15) is 4.98 Å². The van der Waals surface area contributed by atoms with Crippen LogP contribution in [0.3, 0.4) is 0 Å². The number of nitrogen functional groups attached to an aromatic ring is 1. The van der Waals surface area contributed by atoms with Crippen molar-refractivity contribution in [1.29, 1.82) is 0 Å². The van der Waals surface area contributed by atoms with Crippen molar-refractivity contribution in [2.75, 3.05) is 16.3 Å². The molecule has 9 nitrogen and oxygen atoms in total. The highest BCUT2D eigenvalue weighted by Gasteiger charge is 2.28. The number of amides is 1. The molecule has 0 aliphatic carbocycles. The van der Waals surface area contributed by atoms with Gasteiger partial charge < -0.3 is 11.1 Å². The second-order valence-electron chi connectivity index (χ2n) is 4.93. The maximum Gasteiger partial charge on any atom is 0.243 e. The highest BCUT2D eigenvalue weighted by molar-refractivity contribution is 7.92. The molecule has 0 aliphatic heterocycles. The van der Waals surface area contributed by atoms with Crippen LogP contribution in [0.5, 0.6) is 0 Å². The number of para-hydroxylation sites is 1. The van der Waals surface area contributed by atoms with E-state index in [9.17, 15) is 13.2 Å². The van der Waals surface area contributed by atoms with Crippen LogP contribution in [0.15, 0.2) is 30.3 Å². The summed E-state index contributed by atoms with van der Waals surface area (Å²) in [6, 6.07) is 7.50. The van der Waals surface area contributed by atoms with Gasteiger partial charge in [-0.1, -0.05) is 18.2 Å². The standard InChI is InChI=1S/C13H18N6O3S/c1-9(12(20)15-8-11-16-13(14)18-17-11)19(23(2,21)22)10-6-4-3-5-7-10/h3-7,9H,8H2,1-2H3,(H,15,20)(H3,14,16,17,18)/t9-/m1/s1. The minimum absolute atomic E-state index is 0.0692. The summed E-state index contributed by atoms with van der Waals surface area (Å²) < 4.78 is 25.2. The molecule has 0 saturated heterocycles. The monoisotopic (exact) mass is 338 g/mol. The fourth-order valence-corrected chi connectivity index (χ4v) is 3.27. The number of carbonyl (C=O) groups is 1. The smallest absolute Gasteiger partial charge is 0.243 e. The predicted molar refractivity (Wildman–Crippen MR) is 85.9 cm³/mol. The molecular formula is C13H18N6O3S.